The number of hydrogen-bond acceptors (Lipinski definition) is 5. The van der Waals surface area contributed by atoms with E-state index in [0.717, 1.165) is 38.3 Å². The van der Waals surface area contributed by atoms with Crippen molar-refractivity contribution in [2.24, 2.45) is 11.3 Å². The Morgan fingerprint density at radius 1 is 1.52 bits per heavy atom. The van der Waals surface area contributed by atoms with Crippen LogP contribution in [-0.2, 0) is 11.3 Å². The Morgan fingerprint density at radius 3 is 3.04 bits per heavy atom. The third-order valence-electron chi connectivity index (χ3n) is 5.23. The summed E-state index contributed by atoms with van der Waals surface area (Å²) in [5, 5.41) is 0. The van der Waals surface area contributed by atoms with Crippen LogP contribution < -0.4 is 10.9 Å². The Balaban J connectivity index is 1.70. The molecule has 0 bridgehead atoms. The van der Waals surface area contributed by atoms with Gasteiger partial charge in [0, 0.05) is 45.6 Å². The van der Waals surface area contributed by atoms with E-state index in [1.165, 1.54) is 0 Å². The summed E-state index contributed by atoms with van der Waals surface area (Å²) in [7, 11) is 3.67. The van der Waals surface area contributed by atoms with Gasteiger partial charge in [0.15, 0.2) is 0 Å². The highest BCUT2D eigenvalue weighted by atomic mass is 16.2. The molecule has 3 heterocycles. The molecule has 1 aromatic heterocycles. The van der Waals surface area contributed by atoms with Crippen LogP contribution in [0.2, 0.25) is 0 Å². The van der Waals surface area contributed by atoms with Crippen LogP contribution in [0.5, 0.6) is 0 Å². The monoisotopic (exact) mass is 320 g/mol. The molecule has 1 amide bonds. The molecular formula is C16H28N6O. The van der Waals surface area contributed by atoms with Crippen LogP contribution in [0.1, 0.15) is 25.6 Å². The molecule has 7 nitrogen and oxygen atoms in total. The van der Waals surface area contributed by atoms with E-state index < -0.39 is 0 Å². The van der Waals surface area contributed by atoms with Gasteiger partial charge in [0.25, 0.3) is 0 Å². The SMILES string of the molecule is CN(C)C(=O)C1CNNC1C1(C)CCCN(Cc2ncc[nH]2)C1. The lowest BCUT2D eigenvalue weighted by Crippen LogP contribution is -2.55. The van der Waals surface area contributed by atoms with Gasteiger partial charge in [0.05, 0.1) is 12.5 Å². The van der Waals surface area contributed by atoms with Crippen molar-refractivity contribution >= 4 is 5.91 Å². The van der Waals surface area contributed by atoms with E-state index >= 15 is 0 Å². The Labute approximate surface area is 137 Å². The average molecular weight is 320 g/mol. The number of amides is 1. The van der Waals surface area contributed by atoms with Gasteiger partial charge in [-0.25, -0.2) is 4.98 Å². The zero-order valence-electron chi connectivity index (χ0n) is 14.3. The molecule has 3 atom stereocenters. The second-order valence-corrected chi connectivity index (χ2v) is 7.35. The molecule has 3 rings (SSSR count). The molecule has 0 radical (unpaired) electrons. The largest absolute Gasteiger partial charge is 0.348 e. The molecule has 23 heavy (non-hydrogen) atoms. The lowest BCUT2D eigenvalue weighted by molar-refractivity contribution is -0.134. The number of H-pyrrole nitrogens is 1. The van der Waals surface area contributed by atoms with Gasteiger partial charge in [-0.15, -0.1) is 0 Å². The summed E-state index contributed by atoms with van der Waals surface area (Å²) in [5.74, 6) is 1.21. The number of hydrogen-bond donors (Lipinski definition) is 3. The first-order valence-corrected chi connectivity index (χ1v) is 8.40. The summed E-state index contributed by atoms with van der Waals surface area (Å²) in [6.45, 7) is 5.92. The molecule has 0 spiro atoms. The number of aromatic amines is 1. The van der Waals surface area contributed by atoms with Crippen molar-refractivity contribution in [2.75, 3.05) is 33.7 Å². The summed E-state index contributed by atoms with van der Waals surface area (Å²) in [6.07, 6.45) is 5.95. The lowest BCUT2D eigenvalue weighted by atomic mass is 9.71. The van der Waals surface area contributed by atoms with Crippen molar-refractivity contribution in [3.05, 3.63) is 18.2 Å². The van der Waals surface area contributed by atoms with E-state index in [1.54, 1.807) is 11.1 Å². The normalized spacial score (nSPS) is 32.1. The molecule has 0 aliphatic carbocycles. The molecule has 0 saturated carbocycles. The second kappa shape index (κ2) is 6.59. The van der Waals surface area contributed by atoms with Crippen molar-refractivity contribution in [2.45, 2.75) is 32.4 Å². The predicted molar refractivity (Wildman–Crippen MR) is 88.3 cm³/mol. The van der Waals surface area contributed by atoms with Gasteiger partial charge in [0.1, 0.15) is 5.82 Å². The van der Waals surface area contributed by atoms with E-state index in [-0.39, 0.29) is 23.3 Å². The molecule has 2 fully saturated rings. The number of hydrazine groups is 1. The lowest BCUT2D eigenvalue weighted by Gasteiger charge is -2.45. The van der Waals surface area contributed by atoms with Crippen LogP contribution >= 0.6 is 0 Å². The molecule has 3 unspecified atom stereocenters. The van der Waals surface area contributed by atoms with Gasteiger partial charge in [-0.1, -0.05) is 6.92 Å². The number of imidazole rings is 1. The Kier molecular flexibility index (Phi) is 4.70. The van der Waals surface area contributed by atoms with Crippen molar-refractivity contribution in [3.8, 4) is 0 Å². The summed E-state index contributed by atoms with van der Waals surface area (Å²) in [4.78, 5) is 24.2. The molecule has 3 N–H and O–H groups in total. The molecule has 1 aromatic rings. The van der Waals surface area contributed by atoms with E-state index in [1.807, 2.05) is 20.3 Å². The van der Waals surface area contributed by atoms with Gasteiger partial charge in [-0.2, -0.15) is 0 Å². The molecule has 2 aliphatic heterocycles. The number of carbonyl (C=O) groups excluding carboxylic acids is 1. The summed E-state index contributed by atoms with van der Waals surface area (Å²) >= 11 is 0. The maximum absolute atomic E-state index is 12.5. The summed E-state index contributed by atoms with van der Waals surface area (Å²) in [5.41, 5.74) is 6.67. The Hall–Kier alpha value is -1.44. The van der Waals surface area contributed by atoms with Crippen molar-refractivity contribution in [3.63, 3.8) is 0 Å². The van der Waals surface area contributed by atoms with Crippen molar-refractivity contribution < 1.29 is 4.79 Å². The minimum absolute atomic E-state index is 0.00133. The standard InChI is InChI=1S/C16H28N6O/c1-16(14-12(9-19-20-14)15(23)21(2)3)5-4-8-22(11-16)10-13-17-6-7-18-13/h6-7,12,14,19-20H,4-5,8-11H2,1-3H3,(H,17,18). The van der Waals surface area contributed by atoms with Crippen LogP contribution in [0.3, 0.4) is 0 Å². The number of nitrogens with zero attached hydrogens (tertiary/aromatic N) is 3. The zero-order chi connectivity index (χ0) is 16.4. The number of rotatable bonds is 4. The zero-order valence-corrected chi connectivity index (χ0v) is 14.3. The number of likely N-dealkylation sites (tertiary alicyclic amines) is 1. The van der Waals surface area contributed by atoms with Gasteiger partial charge in [-0.3, -0.25) is 20.5 Å². The number of aromatic nitrogens is 2. The molecule has 0 aromatic carbocycles. The van der Waals surface area contributed by atoms with Crippen LogP contribution in [0.25, 0.3) is 0 Å². The minimum atomic E-state index is -0.00133. The van der Waals surface area contributed by atoms with Crippen LogP contribution in [0, 0.1) is 11.3 Å². The first-order chi connectivity index (χ1) is 11.0. The third-order valence-corrected chi connectivity index (χ3v) is 5.23. The number of nitrogens with one attached hydrogen (secondary N) is 3. The highest BCUT2D eigenvalue weighted by Crippen LogP contribution is 2.38. The Morgan fingerprint density at radius 2 is 2.35 bits per heavy atom. The summed E-state index contributed by atoms with van der Waals surface area (Å²) < 4.78 is 0. The molecule has 2 saturated heterocycles. The van der Waals surface area contributed by atoms with Crippen molar-refractivity contribution in [1.82, 2.24) is 30.6 Å². The van der Waals surface area contributed by atoms with Crippen LogP contribution in [0.4, 0.5) is 0 Å². The molecular weight excluding hydrogens is 292 g/mol. The van der Waals surface area contributed by atoms with Gasteiger partial charge in [0.2, 0.25) is 5.91 Å². The number of carbonyl (C=O) groups is 1. The second-order valence-electron chi connectivity index (χ2n) is 7.35. The van der Waals surface area contributed by atoms with Crippen molar-refractivity contribution in [1.29, 1.82) is 0 Å². The van der Waals surface area contributed by atoms with Gasteiger partial charge < -0.3 is 9.88 Å². The smallest absolute Gasteiger partial charge is 0.228 e. The quantitative estimate of drug-likeness (QED) is 0.738. The van der Waals surface area contributed by atoms with Gasteiger partial charge in [-0.05, 0) is 24.8 Å². The van der Waals surface area contributed by atoms with Gasteiger partial charge >= 0.3 is 0 Å². The maximum atomic E-state index is 12.5. The van der Waals surface area contributed by atoms with E-state index in [9.17, 15) is 4.79 Å². The molecule has 7 heteroatoms. The van der Waals surface area contributed by atoms with Crippen LogP contribution in [0.15, 0.2) is 12.4 Å². The predicted octanol–water partition coefficient (Wildman–Crippen LogP) is 0.193. The fourth-order valence-electron chi connectivity index (χ4n) is 4.08. The maximum Gasteiger partial charge on any atom is 0.228 e. The fraction of sp³-hybridized carbons (Fsp3) is 0.750. The minimum Gasteiger partial charge on any atom is -0.348 e. The Bertz CT molecular complexity index is 531. The molecule has 128 valence electrons. The van der Waals surface area contributed by atoms with Crippen LogP contribution in [-0.4, -0.2) is 65.4 Å². The highest BCUT2D eigenvalue weighted by molar-refractivity contribution is 5.79. The van der Waals surface area contributed by atoms with E-state index in [0.29, 0.717) is 6.54 Å². The highest BCUT2D eigenvalue weighted by Gasteiger charge is 2.47. The average Bonchev–Trinajstić information content (AvgIpc) is 3.17. The third kappa shape index (κ3) is 3.41. The molecule has 2 aliphatic rings. The van der Waals surface area contributed by atoms with E-state index in [2.05, 4.69) is 32.6 Å². The van der Waals surface area contributed by atoms with E-state index in [4.69, 9.17) is 0 Å². The fourth-order valence-corrected chi connectivity index (χ4v) is 4.08. The summed E-state index contributed by atoms with van der Waals surface area (Å²) in [6, 6.07) is 0.164. The first-order valence-electron chi connectivity index (χ1n) is 8.40. The number of piperidine rings is 1. The topological polar surface area (TPSA) is 76.3 Å². The first kappa shape index (κ1) is 16.4.